The first-order chi connectivity index (χ1) is 9.72. The van der Waals surface area contributed by atoms with Crippen LogP contribution >= 0.6 is 33.9 Å². The highest BCUT2D eigenvalue weighted by atomic mass is 127. The highest BCUT2D eigenvalue weighted by Crippen LogP contribution is 2.36. The van der Waals surface area contributed by atoms with Gasteiger partial charge in [-0.3, -0.25) is 0 Å². The largest absolute Gasteiger partial charge is 0.310 e. The Morgan fingerprint density at radius 2 is 2.20 bits per heavy atom. The predicted molar refractivity (Wildman–Crippen MR) is 95.6 cm³/mol. The third-order valence-corrected chi connectivity index (χ3v) is 6.54. The Morgan fingerprint density at radius 1 is 1.40 bits per heavy atom. The molecule has 4 heteroatoms. The monoisotopic (exact) mass is 404 g/mol. The van der Waals surface area contributed by atoms with Crippen LogP contribution in [0.25, 0.3) is 0 Å². The molecule has 1 aliphatic carbocycles. The lowest BCUT2D eigenvalue weighted by atomic mass is 9.93. The van der Waals surface area contributed by atoms with E-state index in [9.17, 15) is 0 Å². The van der Waals surface area contributed by atoms with Gasteiger partial charge in [0.05, 0.1) is 2.88 Å². The van der Waals surface area contributed by atoms with Crippen LogP contribution in [0.2, 0.25) is 0 Å². The summed E-state index contributed by atoms with van der Waals surface area (Å²) in [5.74, 6) is 0.760. The summed E-state index contributed by atoms with van der Waals surface area (Å²) in [6, 6.07) is 3.02. The van der Waals surface area contributed by atoms with Gasteiger partial charge >= 0.3 is 0 Å². The molecule has 1 aliphatic heterocycles. The first-order valence-electron chi connectivity index (χ1n) is 7.96. The maximum absolute atomic E-state index is 3.84. The Labute approximate surface area is 140 Å². The zero-order chi connectivity index (χ0) is 13.9. The fourth-order valence-electron chi connectivity index (χ4n) is 3.55. The van der Waals surface area contributed by atoms with Gasteiger partial charge in [0, 0.05) is 17.5 Å². The molecule has 0 spiro atoms. The number of likely N-dealkylation sites (tertiary alicyclic amines) is 1. The Balaban J connectivity index is 1.51. The van der Waals surface area contributed by atoms with Gasteiger partial charge in [-0.1, -0.05) is 6.92 Å². The van der Waals surface area contributed by atoms with E-state index < -0.39 is 0 Å². The highest BCUT2D eigenvalue weighted by molar-refractivity contribution is 14.1. The van der Waals surface area contributed by atoms with Crippen molar-refractivity contribution in [2.45, 2.75) is 45.1 Å². The van der Waals surface area contributed by atoms with Crippen molar-refractivity contribution in [1.82, 2.24) is 10.2 Å². The molecule has 112 valence electrons. The van der Waals surface area contributed by atoms with Crippen molar-refractivity contribution in [3.63, 3.8) is 0 Å². The Morgan fingerprint density at radius 3 is 3.00 bits per heavy atom. The summed E-state index contributed by atoms with van der Waals surface area (Å²) in [5, 5.41) is 3.84. The maximum Gasteiger partial charge on any atom is 0.0659 e. The van der Waals surface area contributed by atoms with Gasteiger partial charge in [-0.05, 0) is 91.9 Å². The van der Waals surface area contributed by atoms with E-state index in [4.69, 9.17) is 0 Å². The van der Waals surface area contributed by atoms with Gasteiger partial charge in [0.1, 0.15) is 0 Å². The van der Waals surface area contributed by atoms with Crippen LogP contribution in [0.5, 0.6) is 0 Å². The summed E-state index contributed by atoms with van der Waals surface area (Å²) in [7, 11) is 0. The molecule has 2 aliphatic rings. The Kier molecular flexibility index (Phi) is 5.39. The standard InChI is InChI=1S/C16H25IN2S/c1-12(11-19-7-2-3-8-19)10-18-14-5-4-6-15-13(14)9-16(17)20-15/h9,12,14,18H,2-8,10-11H2,1H3. The van der Waals surface area contributed by atoms with Crippen molar-refractivity contribution in [2.75, 3.05) is 26.2 Å². The second-order valence-corrected chi connectivity index (χ2v) is 9.43. The molecule has 2 nitrogen and oxygen atoms in total. The number of aryl methyl sites for hydroxylation is 1. The molecule has 1 fully saturated rings. The quantitative estimate of drug-likeness (QED) is 0.745. The molecule has 2 unspecified atom stereocenters. The van der Waals surface area contributed by atoms with Crippen molar-refractivity contribution in [2.24, 2.45) is 5.92 Å². The van der Waals surface area contributed by atoms with Gasteiger partial charge in [-0.2, -0.15) is 0 Å². The minimum atomic E-state index is 0.611. The number of hydrogen-bond donors (Lipinski definition) is 1. The average Bonchev–Trinajstić information content (AvgIpc) is 3.04. The minimum Gasteiger partial charge on any atom is -0.310 e. The topological polar surface area (TPSA) is 15.3 Å². The molecular weight excluding hydrogens is 379 g/mol. The van der Waals surface area contributed by atoms with E-state index in [1.165, 1.54) is 54.6 Å². The first kappa shape index (κ1) is 15.3. The van der Waals surface area contributed by atoms with E-state index in [0.29, 0.717) is 6.04 Å². The van der Waals surface area contributed by atoms with E-state index in [1.807, 2.05) is 11.3 Å². The first-order valence-corrected chi connectivity index (χ1v) is 9.86. The number of halogens is 1. The van der Waals surface area contributed by atoms with E-state index in [1.54, 1.807) is 10.4 Å². The van der Waals surface area contributed by atoms with E-state index in [0.717, 1.165) is 12.5 Å². The van der Waals surface area contributed by atoms with Crippen LogP contribution < -0.4 is 5.32 Å². The van der Waals surface area contributed by atoms with Crippen LogP contribution in [0.1, 0.15) is 49.1 Å². The normalized spacial score (nSPS) is 24.8. The van der Waals surface area contributed by atoms with Crippen LogP contribution in [-0.2, 0) is 6.42 Å². The number of rotatable bonds is 5. The SMILES string of the molecule is CC(CNC1CCCc2sc(I)cc21)CN1CCCC1. The summed E-state index contributed by atoms with van der Waals surface area (Å²) < 4.78 is 1.45. The zero-order valence-corrected chi connectivity index (χ0v) is 15.3. The van der Waals surface area contributed by atoms with Crippen molar-refractivity contribution in [3.05, 3.63) is 19.4 Å². The third-order valence-electron chi connectivity index (χ3n) is 4.56. The zero-order valence-electron chi connectivity index (χ0n) is 12.3. The maximum atomic E-state index is 3.84. The van der Waals surface area contributed by atoms with Crippen LogP contribution in [-0.4, -0.2) is 31.1 Å². The van der Waals surface area contributed by atoms with Gasteiger partial charge in [0.2, 0.25) is 0 Å². The second-order valence-electron chi connectivity index (χ2n) is 6.39. The lowest BCUT2D eigenvalue weighted by Gasteiger charge is -2.27. The van der Waals surface area contributed by atoms with Crippen LogP contribution in [0, 0.1) is 8.80 Å². The number of hydrogen-bond acceptors (Lipinski definition) is 3. The lowest BCUT2D eigenvalue weighted by Crippen LogP contribution is -2.34. The van der Waals surface area contributed by atoms with Gasteiger partial charge in [-0.15, -0.1) is 11.3 Å². The summed E-state index contributed by atoms with van der Waals surface area (Å²) in [6.45, 7) is 7.47. The number of thiophene rings is 1. The van der Waals surface area contributed by atoms with Gasteiger partial charge in [0.15, 0.2) is 0 Å². The van der Waals surface area contributed by atoms with Crippen LogP contribution in [0.3, 0.4) is 0 Å². The third kappa shape index (κ3) is 3.76. The van der Waals surface area contributed by atoms with Crippen molar-refractivity contribution < 1.29 is 0 Å². The summed E-state index contributed by atoms with van der Waals surface area (Å²) in [6.07, 6.45) is 6.77. The van der Waals surface area contributed by atoms with Crippen LogP contribution in [0.4, 0.5) is 0 Å². The Hall–Kier alpha value is 0.350. The summed E-state index contributed by atoms with van der Waals surface area (Å²) in [4.78, 5) is 4.26. The fraction of sp³-hybridized carbons (Fsp3) is 0.750. The van der Waals surface area contributed by atoms with Gasteiger partial charge < -0.3 is 10.2 Å². The molecular formula is C16H25IN2S. The van der Waals surface area contributed by atoms with Crippen molar-refractivity contribution >= 4 is 33.9 Å². The molecule has 2 heterocycles. The van der Waals surface area contributed by atoms with Gasteiger partial charge in [0.25, 0.3) is 0 Å². The van der Waals surface area contributed by atoms with Crippen molar-refractivity contribution in [1.29, 1.82) is 0 Å². The predicted octanol–water partition coefficient (Wildman–Crippen LogP) is 4.05. The molecule has 20 heavy (non-hydrogen) atoms. The number of nitrogens with zero attached hydrogens (tertiary/aromatic N) is 1. The average molecular weight is 404 g/mol. The van der Waals surface area contributed by atoms with Gasteiger partial charge in [-0.25, -0.2) is 0 Å². The smallest absolute Gasteiger partial charge is 0.0659 e. The van der Waals surface area contributed by atoms with Crippen molar-refractivity contribution in [3.8, 4) is 0 Å². The van der Waals surface area contributed by atoms with E-state index >= 15 is 0 Å². The molecule has 0 radical (unpaired) electrons. The molecule has 0 bridgehead atoms. The second kappa shape index (κ2) is 7.07. The molecule has 1 aromatic rings. The molecule has 1 saturated heterocycles. The van der Waals surface area contributed by atoms with Crippen LogP contribution in [0.15, 0.2) is 6.07 Å². The molecule has 0 saturated carbocycles. The molecule has 3 rings (SSSR count). The Bertz CT molecular complexity index is 440. The fourth-order valence-corrected chi connectivity index (χ4v) is 5.67. The lowest BCUT2D eigenvalue weighted by molar-refractivity contribution is 0.275. The van der Waals surface area contributed by atoms with E-state index in [2.05, 4.69) is 45.8 Å². The molecule has 1 N–H and O–H groups in total. The number of nitrogens with one attached hydrogen (secondary N) is 1. The van der Waals surface area contributed by atoms with E-state index in [-0.39, 0.29) is 0 Å². The molecule has 0 amide bonds. The molecule has 1 aromatic heterocycles. The molecule has 0 aromatic carbocycles. The summed E-state index contributed by atoms with van der Waals surface area (Å²) >= 11 is 4.46. The summed E-state index contributed by atoms with van der Waals surface area (Å²) in [5.41, 5.74) is 1.60. The molecule has 2 atom stereocenters. The number of fused-ring (bicyclic) bond motifs is 1. The highest BCUT2D eigenvalue weighted by Gasteiger charge is 2.23. The minimum absolute atomic E-state index is 0.611.